The van der Waals surface area contributed by atoms with E-state index in [9.17, 15) is 13.2 Å². The van der Waals surface area contributed by atoms with Gasteiger partial charge in [-0.25, -0.2) is 0 Å². The summed E-state index contributed by atoms with van der Waals surface area (Å²) in [6.45, 7) is 7.29. The van der Waals surface area contributed by atoms with Gasteiger partial charge in [0.2, 0.25) is 0 Å². The Morgan fingerprint density at radius 1 is 1.25 bits per heavy atom. The zero-order valence-corrected chi connectivity index (χ0v) is 13.0. The van der Waals surface area contributed by atoms with Gasteiger partial charge in [-0.2, -0.15) is 13.2 Å². The predicted octanol–water partition coefficient (Wildman–Crippen LogP) is 4.95. The second kappa shape index (κ2) is 7.93. The highest BCUT2D eigenvalue weighted by molar-refractivity contribution is 7.99. The SMILES string of the molecule is CCNCc1ccc(SCCC(C)C)c(C(F)(F)F)c1. The molecule has 1 aromatic carbocycles. The summed E-state index contributed by atoms with van der Waals surface area (Å²) in [5, 5.41) is 3.05. The molecule has 0 aliphatic rings. The molecule has 0 aliphatic carbocycles. The lowest BCUT2D eigenvalue weighted by Gasteiger charge is -2.15. The second-order valence-corrected chi connectivity index (χ2v) is 6.28. The van der Waals surface area contributed by atoms with Crippen molar-refractivity contribution in [1.82, 2.24) is 5.32 Å². The molecule has 0 spiro atoms. The van der Waals surface area contributed by atoms with Gasteiger partial charge in [-0.05, 0) is 42.3 Å². The van der Waals surface area contributed by atoms with Crippen LogP contribution in [0.5, 0.6) is 0 Å². The molecule has 0 bridgehead atoms. The van der Waals surface area contributed by atoms with Gasteiger partial charge in [-0.1, -0.05) is 26.8 Å². The van der Waals surface area contributed by atoms with Gasteiger partial charge in [0.05, 0.1) is 5.56 Å². The summed E-state index contributed by atoms with van der Waals surface area (Å²) in [6, 6.07) is 4.64. The van der Waals surface area contributed by atoms with Gasteiger partial charge in [-0.15, -0.1) is 11.8 Å². The van der Waals surface area contributed by atoms with Crippen molar-refractivity contribution < 1.29 is 13.2 Å². The molecular formula is C15H22F3NS. The first-order valence-electron chi connectivity index (χ1n) is 6.88. The molecule has 0 atom stereocenters. The van der Waals surface area contributed by atoms with Gasteiger partial charge in [0.25, 0.3) is 0 Å². The highest BCUT2D eigenvalue weighted by Crippen LogP contribution is 2.37. The molecule has 0 aromatic heterocycles. The quantitative estimate of drug-likeness (QED) is 0.715. The first-order valence-corrected chi connectivity index (χ1v) is 7.86. The minimum absolute atomic E-state index is 0.332. The third kappa shape index (κ3) is 5.75. The molecule has 20 heavy (non-hydrogen) atoms. The van der Waals surface area contributed by atoms with Crippen LogP contribution in [0.1, 0.15) is 38.3 Å². The predicted molar refractivity (Wildman–Crippen MR) is 79.0 cm³/mol. The monoisotopic (exact) mass is 305 g/mol. The highest BCUT2D eigenvalue weighted by Gasteiger charge is 2.33. The van der Waals surface area contributed by atoms with Crippen LogP contribution >= 0.6 is 11.8 Å². The fraction of sp³-hybridized carbons (Fsp3) is 0.600. The van der Waals surface area contributed by atoms with Crippen molar-refractivity contribution in [2.24, 2.45) is 5.92 Å². The van der Waals surface area contributed by atoms with Crippen LogP contribution in [0, 0.1) is 5.92 Å². The average molecular weight is 305 g/mol. The smallest absolute Gasteiger partial charge is 0.313 e. The molecule has 0 amide bonds. The Hall–Kier alpha value is -0.680. The van der Waals surface area contributed by atoms with Crippen LogP contribution in [0.2, 0.25) is 0 Å². The van der Waals surface area contributed by atoms with E-state index in [4.69, 9.17) is 0 Å². The number of rotatable bonds is 7. The van der Waals surface area contributed by atoms with Crippen molar-refractivity contribution >= 4 is 11.8 Å². The Kier molecular flexibility index (Phi) is 6.89. The van der Waals surface area contributed by atoms with Crippen molar-refractivity contribution in [2.45, 2.75) is 44.8 Å². The van der Waals surface area contributed by atoms with Crippen molar-refractivity contribution in [3.05, 3.63) is 29.3 Å². The van der Waals surface area contributed by atoms with E-state index in [1.54, 1.807) is 12.1 Å². The fourth-order valence-electron chi connectivity index (χ4n) is 1.71. The number of alkyl halides is 3. The number of benzene rings is 1. The summed E-state index contributed by atoms with van der Waals surface area (Å²) in [5.41, 5.74) is 0.161. The van der Waals surface area contributed by atoms with Gasteiger partial charge in [-0.3, -0.25) is 0 Å². The maximum atomic E-state index is 13.1. The minimum atomic E-state index is -4.29. The van der Waals surface area contributed by atoms with E-state index < -0.39 is 11.7 Å². The first-order chi connectivity index (χ1) is 9.34. The fourth-order valence-corrected chi connectivity index (χ4v) is 3.01. The minimum Gasteiger partial charge on any atom is -0.313 e. The zero-order chi connectivity index (χ0) is 15.2. The lowest BCUT2D eigenvalue weighted by molar-refractivity contribution is -0.139. The van der Waals surface area contributed by atoms with E-state index in [-0.39, 0.29) is 0 Å². The summed E-state index contributed by atoms with van der Waals surface area (Å²) in [4.78, 5) is 0.332. The molecular weight excluding hydrogens is 283 g/mol. The van der Waals surface area contributed by atoms with E-state index in [0.717, 1.165) is 13.0 Å². The average Bonchev–Trinajstić information content (AvgIpc) is 2.35. The van der Waals surface area contributed by atoms with Crippen LogP contribution in [0.3, 0.4) is 0 Å². The van der Waals surface area contributed by atoms with E-state index in [1.165, 1.54) is 17.8 Å². The molecule has 0 saturated heterocycles. The van der Waals surface area contributed by atoms with Crippen molar-refractivity contribution in [3.63, 3.8) is 0 Å². The molecule has 5 heteroatoms. The summed E-state index contributed by atoms with van der Waals surface area (Å²) in [6.07, 6.45) is -3.37. The molecule has 0 unspecified atom stereocenters. The molecule has 114 valence electrons. The van der Waals surface area contributed by atoms with E-state index in [0.29, 0.717) is 28.7 Å². The van der Waals surface area contributed by atoms with E-state index in [1.807, 2.05) is 6.92 Å². The number of halogens is 3. The molecule has 1 aromatic rings. The van der Waals surface area contributed by atoms with Gasteiger partial charge in [0, 0.05) is 11.4 Å². The topological polar surface area (TPSA) is 12.0 Å². The van der Waals surface area contributed by atoms with E-state index in [2.05, 4.69) is 19.2 Å². The number of nitrogens with one attached hydrogen (secondary N) is 1. The lowest BCUT2D eigenvalue weighted by Crippen LogP contribution is -2.14. The molecule has 1 rings (SSSR count). The first kappa shape index (κ1) is 17.4. The molecule has 0 fully saturated rings. The summed E-state index contributed by atoms with van der Waals surface area (Å²) < 4.78 is 39.3. The van der Waals surface area contributed by atoms with Crippen LogP contribution in [-0.4, -0.2) is 12.3 Å². The van der Waals surface area contributed by atoms with Crippen molar-refractivity contribution in [1.29, 1.82) is 0 Å². The molecule has 1 nitrogen and oxygen atoms in total. The van der Waals surface area contributed by atoms with E-state index >= 15 is 0 Å². The van der Waals surface area contributed by atoms with Gasteiger partial charge >= 0.3 is 6.18 Å². The maximum Gasteiger partial charge on any atom is 0.417 e. The Morgan fingerprint density at radius 2 is 1.95 bits per heavy atom. The number of hydrogen-bond donors (Lipinski definition) is 1. The van der Waals surface area contributed by atoms with Gasteiger partial charge < -0.3 is 5.32 Å². The van der Waals surface area contributed by atoms with Crippen LogP contribution in [-0.2, 0) is 12.7 Å². The highest BCUT2D eigenvalue weighted by atomic mass is 32.2. The Morgan fingerprint density at radius 3 is 2.50 bits per heavy atom. The van der Waals surface area contributed by atoms with Crippen molar-refractivity contribution in [3.8, 4) is 0 Å². The van der Waals surface area contributed by atoms with Gasteiger partial charge in [0.15, 0.2) is 0 Å². The summed E-state index contributed by atoms with van der Waals surface area (Å²) in [7, 11) is 0. The molecule has 0 saturated carbocycles. The normalized spacial score (nSPS) is 12.2. The third-order valence-corrected chi connectivity index (χ3v) is 3.99. The Bertz CT molecular complexity index is 416. The Labute approximate surface area is 123 Å². The molecule has 0 heterocycles. The summed E-state index contributed by atoms with van der Waals surface area (Å²) >= 11 is 1.29. The summed E-state index contributed by atoms with van der Waals surface area (Å²) in [5.74, 6) is 1.22. The lowest BCUT2D eigenvalue weighted by atomic mass is 10.1. The van der Waals surface area contributed by atoms with Crippen LogP contribution in [0.25, 0.3) is 0 Å². The maximum absolute atomic E-state index is 13.1. The van der Waals surface area contributed by atoms with Crippen molar-refractivity contribution in [2.75, 3.05) is 12.3 Å². The van der Waals surface area contributed by atoms with Crippen LogP contribution in [0.4, 0.5) is 13.2 Å². The standard InChI is InChI=1S/C15H22F3NS/c1-4-19-10-12-5-6-14(20-8-7-11(2)3)13(9-12)15(16,17)18/h5-6,9,11,19H,4,7-8,10H2,1-3H3. The molecule has 0 aliphatic heterocycles. The molecule has 1 N–H and O–H groups in total. The second-order valence-electron chi connectivity index (χ2n) is 5.14. The number of thioether (sulfide) groups is 1. The van der Waals surface area contributed by atoms with Gasteiger partial charge in [0.1, 0.15) is 0 Å². The third-order valence-electron chi connectivity index (χ3n) is 2.88. The van der Waals surface area contributed by atoms with Crippen LogP contribution in [0.15, 0.2) is 23.1 Å². The Balaban J connectivity index is 2.87. The number of hydrogen-bond acceptors (Lipinski definition) is 2. The van der Waals surface area contributed by atoms with Crippen LogP contribution < -0.4 is 5.32 Å². The molecule has 0 radical (unpaired) electrons. The largest absolute Gasteiger partial charge is 0.417 e. The zero-order valence-electron chi connectivity index (χ0n) is 12.2.